The van der Waals surface area contributed by atoms with Crippen LogP contribution in [0.1, 0.15) is 79.1 Å². The standard InChI is InChI=1S/C36H40Br2O6/c1-5-9-13-41-25-17-21-23(19-27(25)43-15-11-7-3)35(39)31-29(21)33(37)32-30(34(31)38)22-18-26(42-14-10-6-2)28(44-16-12-8-4)20-24(22)36(32)40/h17-20H,5-16H2,1-4H3. The van der Waals surface area contributed by atoms with E-state index in [1.54, 1.807) is 12.1 Å². The van der Waals surface area contributed by atoms with Gasteiger partial charge in [-0.15, -0.1) is 0 Å². The molecule has 6 nitrogen and oxygen atoms in total. The molecule has 0 radical (unpaired) electrons. The highest BCUT2D eigenvalue weighted by Gasteiger charge is 2.27. The Kier molecular flexibility index (Phi) is 10.7. The second kappa shape index (κ2) is 14.5. The first-order chi connectivity index (χ1) is 21.4. The van der Waals surface area contributed by atoms with Crippen molar-refractivity contribution in [3.05, 3.63) is 53.7 Å². The van der Waals surface area contributed by atoms with Gasteiger partial charge in [0.05, 0.1) is 26.4 Å². The number of fused-ring (bicyclic) bond motifs is 6. The maximum absolute atomic E-state index is 14.1. The van der Waals surface area contributed by atoms with E-state index in [9.17, 15) is 9.59 Å². The predicted octanol–water partition coefficient (Wildman–Crippen LogP) is 10.1. The summed E-state index contributed by atoms with van der Waals surface area (Å²) in [5.74, 6) is 2.35. The van der Waals surface area contributed by atoms with Crippen molar-refractivity contribution in [3.8, 4) is 23.0 Å². The molecular formula is C36H40Br2O6. The number of rotatable bonds is 16. The molecule has 0 aliphatic rings. The van der Waals surface area contributed by atoms with Gasteiger partial charge in [0.2, 0.25) is 0 Å². The average molecular weight is 729 g/mol. The molecule has 0 fully saturated rings. The molecule has 0 amide bonds. The fourth-order valence-electron chi connectivity index (χ4n) is 5.56. The molecule has 0 saturated carbocycles. The van der Waals surface area contributed by atoms with Crippen LogP contribution in [0.25, 0.3) is 43.1 Å². The third-order valence-corrected chi connectivity index (χ3v) is 9.64. The molecule has 234 valence electrons. The van der Waals surface area contributed by atoms with Gasteiger partial charge in [-0.1, -0.05) is 53.4 Å². The third-order valence-electron chi connectivity index (χ3n) is 8.05. The van der Waals surface area contributed by atoms with E-state index in [0.717, 1.165) is 62.1 Å². The van der Waals surface area contributed by atoms with Gasteiger partial charge in [-0.05, 0) is 92.6 Å². The second-order valence-corrected chi connectivity index (χ2v) is 12.9. The maximum Gasteiger partial charge on any atom is 0.195 e. The Labute approximate surface area is 274 Å². The Morgan fingerprint density at radius 2 is 0.727 bits per heavy atom. The Morgan fingerprint density at radius 3 is 1.00 bits per heavy atom. The molecule has 0 saturated heterocycles. The van der Waals surface area contributed by atoms with Crippen LogP contribution in [0.4, 0.5) is 0 Å². The van der Waals surface area contributed by atoms with Crippen LogP contribution in [0.5, 0.6) is 23.0 Å². The van der Waals surface area contributed by atoms with Gasteiger partial charge in [0.1, 0.15) is 0 Å². The monoisotopic (exact) mass is 726 g/mol. The highest BCUT2D eigenvalue weighted by atomic mass is 79.9. The van der Waals surface area contributed by atoms with Crippen molar-refractivity contribution in [1.29, 1.82) is 0 Å². The molecule has 0 spiro atoms. The molecule has 0 N–H and O–H groups in total. The molecule has 5 aromatic rings. The Balaban J connectivity index is 1.77. The minimum Gasteiger partial charge on any atom is -0.490 e. The fourth-order valence-corrected chi connectivity index (χ4v) is 7.14. The Bertz CT molecular complexity index is 1750. The van der Waals surface area contributed by atoms with Crippen LogP contribution in [0, 0.1) is 0 Å². The van der Waals surface area contributed by atoms with Crippen molar-refractivity contribution in [1.82, 2.24) is 0 Å². The van der Waals surface area contributed by atoms with Crippen molar-refractivity contribution in [3.63, 3.8) is 0 Å². The largest absolute Gasteiger partial charge is 0.490 e. The summed E-state index contributed by atoms with van der Waals surface area (Å²) in [5.41, 5.74) is -0.240. The lowest BCUT2D eigenvalue weighted by Gasteiger charge is -2.13. The van der Waals surface area contributed by atoms with Crippen LogP contribution in [-0.2, 0) is 0 Å². The summed E-state index contributed by atoms with van der Waals surface area (Å²) in [6, 6.07) is 7.39. The summed E-state index contributed by atoms with van der Waals surface area (Å²) >= 11 is 7.57. The van der Waals surface area contributed by atoms with E-state index in [-0.39, 0.29) is 10.9 Å². The van der Waals surface area contributed by atoms with Gasteiger partial charge in [0, 0.05) is 41.3 Å². The van der Waals surface area contributed by atoms with Crippen LogP contribution in [0.3, 0.4) is 0 Å². The molecule has 0 heterocycles. The zero-order chi connectivity index (χ0) is 31.4. The van der Waals surface area contributed by atoms with E-state index >= 15 is 0 Å². The van der Waals surface area contributed by atoms with Crippen molar-refractivity contribution in [2.75, 3.05) is 26.4 Å². The minimum absolute atomic E-state index is 0.120. The predicted molar refractivity (Wildman–Crippen MR) is 188 cm³/mol. The number of halogens is 2. The quantitative estimate of drug-likeness (QED) is 0.0943. The fraction of sp³-hybridized carbons (Fsp3) is 0.444. The van der Waals surface area contributed by atoms with E-state index in [1.807, 2.05) is 12.1 Å². The molecule has 8 heteroatoms. The lowest BCUT2D eigenvalue weighted by Crippen LogP contribution is -2.03. The van der Waals surface area contributed by atoms with E-state index in [2.05, 4.69) is 59.6 Å². The molecule has 5 aromatic carbocycles. The van der Waals surface area contributed by atoms with Gasteiger partial charge in [-0.3, -0.25) is 9.59 Å². The number of benzene rings is 3. The summed E-state index contributed by atoms with van der Waals surface area (Å²) in [6.45, 7) is 10.6. The van der Waals surface area contributed by atoms with Gasteiger partial charge in [0.15, 0.2) is 33.9 Å². The van der Waals surface area contributed by atoms with Crippen LogP contribution in [-0.4, -0.2) is 26.4 Å². The molecule has 0 atom stereocenters. The lowest BCUT2D eigenvalue weighted by molar-refractivity contribution is 0.262. The minimum atomic E-state index is -0.120. The van der Waals surface area contributed by atoms with Gasteiger partial charge in [0.25, 0.3) is 0 Å². The summed E-state index contributed by atoms with van der Waals surface area (Å²) in [7, 11) is 0. The summed E-state index contributed by atoms with van der Waals surface area (Å²) < 4.78 is 25.7. The first kappa shape index (κ1) is 32.6. The van der Waals surface area contributed by atoms with E-state index in [4.69, 9.17) is 18.9 Å². The highest BCUT2D eigenvalue weighted by molar-refractivity contribution is 9.11. The molecule has 0 aliphatic heterocycles. The molecule has 44 heavy (non-hydrogen) atoms. The normalized spacial score (nSPS) is 11.8. The van der Waals surface area contributed by atoms with Gasteiger partial charge < -0.3 is 18.9 Å². The summed E-state index contributed by atoms with van der Waals surface area (Å²) in [5, 5.41) is 4.95. The topological polar surface area (TPSA) is 71.1 Å². The summed E-state index contributed by atoms with van der Waals surface area (Å²) in [6.07, 6.45) is 7.63. The average Bonchev–Trinajstić information content (AvgIpc) is 3.47. The molecule has 0 aliphatic carbocycles. The summed E-state index contributed by atoms with van der Waals surface area (Å²) in [4.78, 5) is 28.1. The molecule has 0 unspecified atom stereocenters. The highest BCUT2D eigenvalue weighted by Crippen LogP contribution is 2.47. The second-order valence-electron chi connectivity index (χ2n) is 11.3. The zero-order valence-electron chi connectivity index (χ0n) is 26.0. The van der Waals surface area contributed by atoms with E-state index < -0.39 is 0 Å². The van der Waals surface area contributed by atoms with Crippen LogP contribution in [0.2, 0.25) is 0 Å². The smallest absolute Gasteiger partial charge is 0.195 e. The molecule has 0 aromatic heterocycles. The maximum atomic E-state index is 14.1. The Morgan fingerprint density at radius 1 is 0.455 bits per heavy atom. The lowest BCUT2D eigenvalue weighted by atomic mass is 10.1. The van der Waals surface area contributed by atoms with Crippen molar-refractivity contribution in [2.24, 2.45) is 0 Å². The van der Waals surface area contributed by atoms with Crippen molar-refractivity contribution >= 4 is 74.9 Å². The molecular weight excluding hydrogens is 688 g/mol. The number of hydrogen-bond acceptors (Lipinski definition) is 6. The molecule has 0 bridgehead atoms. The molecule has 5 rings (SSSR count). The van der Waals surface area contributed by atoms with Gasteiger partial charge in [-0.2, -0.15) is 0 Å². The first-order valence-electron chi connectivity index (χ1n) is 15.9. The van der Waals surface area contributed by atoms with E-state index in [1.165, 1.54) is 0 Å². The van der Waals surface area contributed by atoms with Crippen molar-refractivity contribution < 1.29 is 18.9 Å². The third kappa shape index (κ3) is 6.04. The SMILES string of the molecule is CCCCOc1cc2c(=O)c3c(Br)c4c(c(Br)c3c2cc1OCCCC)c(=O)c1cc(OCCCC)c(OCCCC)cc14. The van der Waals surface area contributed by atoms with Crippen LogP contribution in [0.15, 0.2) is 42.8 Å². The van der Waals surface area contributed by atoms with Crippen LogP contribution < -0.4 is 29.8 Å². The Hall–Kier alpha value is -2.84. The zero-order valence-corrected chi connectivity index (χ0v) is 29.2. The van der Waals surface area contributed by atoms with Gasteiger partial charge >= 0.3 is 0 Å². The number of hydrogen-bond donors (Lipinski definition) is 0. The van der Waals surface area contributed by atoms with Gasteiger partial charge in [-0.25, -0.2) is 0 Å². The van der Waals surface area contributed by atoms with Crippen molar-refractivity contribution in [2.45, 2.75) is 79.1 Å². The van der Waals surface area contributed by atoms with Crippen LogP contribution >= 0.6 is 31.9 Å². The number of ether oxygens (including phenoxy) is 4. The van der Waals surface area contributed by atoms with E-state index in [0.29, 0.717) is 90.7 Å². The number of unbranched alkanes of at least 4 members (excludes halogenated alkanes) is 4. The first-order valence-corrected chi connectivity index (χ1v) is 17.5.